The van der Waals surface area contributed by atoms with Gasteiger partial charge in [0.25, 0.3) is 0 Å². The maximum atomic E-state index is 12.4. The van der Waals surface area contributed by atoms with Crippen LogP contribution >= 0.6 is 0 Å². The molecule has 1 aromatic carbocycles. The second-order valence-corrected chi connectivity index (χ2v) is 6.66. The van der Waals surface area contributed by atoms with Crippen LogP contribution < -0.4 is 4.72 Å². The summed E-state index contributed by atoms with van der Waals surface area (Å²) < 4.78 is 29.0. The number of aromatic carboxylic acids is 1. The van der Waals surface area contributed by atoms with E-state index in [1.807, 2.05) is 0 Å². The second kappa shape index (κ2) is 6.29. The van der Waals surface area contributed by atoms with Crippen LogP contribution in [0.4, 0.5) is 0 Å². The number of hydrogen-bond donors (Lipinski definition) is 2. The third kappa shape index (κ3) is 3.52. The lowest BCUT2D eigenvalue weighted by Crippen LogP contribution is -2.28. The fraction of sp³-hybridized carbons (Fsp3) is 0.286. The van der Waals surface area contributed by atoms with E-state index >= 15 is 0 Å². The van der Waals surface area contributed by atoms with E-state index in [1.165, 1.54) is 12.1 Å². The number of sulfonamides is 1. The zero-order valence-electron chi connectivity index (χ0n) is 12.3. The molecule has 1 aromatic heterocycles. The molecule has 0 saturated carbocycles. The molecule has 0 aliphatic rings. The summed E-state index contributed by atoms with van der Waals surface area (Å²) >= 11 is 0. The third-order valence-corrected chi connectivity index (χ3v) is 4.96. The van der Waals surface area contributed by atoms with Gasteiger partial charge in [-0.2, -0.15) is 0 Å². The monoisotopic (exact) mass is 323 g/mol. The first-order valence-corrected chi connectivity index (χ1v) is 8.09. The first-order chi connectivity index (χ1) is 10.3. The number of nitrogens with zero attached hydrogens (tertiary/aromatic N) is 2. The minimum absolute atomic E-state index is 0.00414. The molecule has 2 rings (SSSR count). The van der Waals surface area contributed by atoms with Crippen molar-refractivity contribution in [2.75, 3.05) is 6.54 Å². The van der Waals surface area contributed by atoms with Crippen LogP contribution in [0.15, 0.2) is 35.7 Å². The van der Waals surface area contributed by atoms with Crippen LogP contribution in [0.25, 0.3) is 0 Å². The molecule has 0 saturated heterocycles. The number of imidazole rings is 1. The highest BCUT2D eigenvalue weighted by Gasteiger charge is 2.20. The summed E-state index contributed by atoms with van der Waals surface area (Å²) in [5.41, 5.74) is 1.12. The molecule has 22 heavy (non-hydrogen) atoms. The molecule has 0 radical (unpaired) electrons. The fourth-order valence-corrected chi connectivity index (χ4v) is 3.40. The standard InChI is InChI=1S/C14H17N3O4S/c1-10-7-12(14(18)19)8-13(11(10)2)22(20,21)16-4-6-17-5-3-15-9-17/h3,5,7-9,16H,4,6H2,1-2H3,(H,18,19). The molecule has 0 fully saturated rings. The quantitative estimate of drug-likeness (QED) is 0.831. The van der Waals surface area contributed by atoms with Gasteiger partial charge in [0.2, 0.25) is 10.0 Å². The van der Waals surface area contributed by atoms with Gasteiger partial charge in [-0.05, 0) is 37.1 Å². The van der Waals surface area contributed by atoms with Gasteiger partial charge in [0, 0.05) is 25.5 Å². The normalized spacial score (nSPS) is 11.5. The maximum Gasteiger partial charge on any atom is 0.335 e. The lowest BCUT2D eigenvalue weighted by molar-refractivity contribution is 0.0696. The van der Waals surface area contributed by atoms with Crippen molar-refractivity contribution in [3.05, 3.63) is 47.5 Å². The molecule has 8 heteroatoms. The molecule has 0 bridgehead atoms. The predicted octanol–water partition coefficient (Wildman–Crippen LogP) is 1.18. The number of nitrogens with one attached hydrogen (secondary N) is 1. The van der Waals surface area contributed by atoms with Gasteiger partial charge in [-0.3, -0.25) is 0 Å². The van der Waals surface area contributed by atoms with Crippen molar-refractivity contribution >= 4 is 16.0 Å². The molecule has 0 atom stereocenters. The SMILES string of the molecule is Cc1cc(C(=O)O)cc(S(=O)(=O)NCCn2ccnc2)c1C. The Morgan fingerprint density at radius 2 is 2.09 bits per heavy atom. The summed E-state index contributed by atoms with van der Waals surface area (Å²) in [5, 5.41) is 9.07. The third-order valence-electron chi connectivity index (χ3n) is 3.38. The van der Waals surface area contributed by atoms with E-state index in [0.717, 1.165) is 0 Å². The average Bonchev–Trinajstić information content (AvgIpc) is 2.94. The zero-order valence-corrected chi connectivity index (χ0v) is 13.1. The summed E-state index contributed by atoms with van der Waals surface area (Å²) in [6.07, 6.45) is 4.93. The highest BCUT2D eigenvalue weighted by Crippen LogP contribution is 2.21. The molecule has 0 aliphatic heterocycles. The van der Waals surface area contributed by atoms with Gasteiger partial charge in [0.1, 0.15) is 0 Å². The van der Waals surface area contributed by atoms with E-state index in [4.69, 9.17) is 5.11 Å². The molecule has 2 aromatic rings. The van der Waals surface area contributed by atoms with E-state index in [1.54, 1.807) is 37.1 Å². The zero-order chi connectivity index (χ0) is 16.3. The fourth-order valence-electron chi connectivity index (χ4n) is 2.04. The molecular weight excluding hydrogens is 306 g/mol. The Morgan fingerprint density at radius 3 is 2.68 bits per heavy atom. The Morgan fingerprint density at radius 1 is 1.36 bits per heavy atom. The van der Waals surface area contributed by atoms with Crippen molar-refractivity contribution in [3.8, 4) is 0 Å². The number of rotatable bonds is 6. The van der Waals surface area contributed by atoms with Gasteiger partial charge >= 0.3 is 5.97 Å². The van der Waals surface area contributed by atoms with Crippen LogP contribution in [0.5, 0.6) is 0 Å². The molecular formula is C14H17N3O4S. The van der Waals surface area contributed by atoms with Crippen LogP contribution in [0, 0.1) is 13.8 Å². The Kier molecular flexibility index (Phi) is 4.62. The maximum absolute atomic E-state index is 12.4. The summed E-state index contributed by atoms with van der Waals surface area (Å²) in [5.74, 6) is -1.15. The highest BCUT2D eigenvalue weighted by molar-refractivity contribution is 7.89. The van der Waals surface area contributed by atoms with E-state index in [0.29, 0.717) is 17.7 Å². The number of benzene rings is 1. The van der Waals surface area contributed by atoms with Gasteiger partial charge in [-0.1, -0.05) is 0 Å². The molecule has 118 valence electrons. The van der Waals surface area contributed by atoms with Crippen molar-refractivity contribution in [1.29, 1.82) is 0 Å². The van der Waals surface area contributed by atoms with Crippen molar-refractivity contribution in [3.63, 3.8) is 0 Å². The summed E-state index contributed by atoms with van der Waals surface area (Å²) in [7, 11) is -3.77. The minimum atomic E-state index is -3.77. The Balaban J connectivity index is 2.23. The van der Waals surface area contributed by atoms with Crippen LogP contribution in [0.3, 0.4) is 0 Å². The molecule has 0 amide bonds. The van der Waals surface area contributed by atoms with E-state index in [9.17, 15) is 13.2 Å². The van der Waals surface area contributed by atoms with E-state index in [2.05, 4.69) is 9.71 Å². The Labute approximate surface area is 128 Å². The predicted molar refractivity (Wildman–Crippen MR) is 80.3 cm³/mol. The van der Waals surface area contributed by atoms with Crippen molar-refractivity contribution in [2.45, 2.75) is 25.3 Å². The van der Waals surface area contributed by atoms with Crippen LogP contribution in [0.2, 0.25) is 0 Å². The van der Waals surface area contributed by atoms with Crippen LogP contribution in [-0.2, 0) is 16.6 Å². The van der Waals surface area contributed by atoms with Crippen LogP contribution in [0.1, 0.15) is 21.5 Å². The smallest absolute Gasteiger partial charge is 0.335 e. The van der Waals surface area contributed by atoms with Crippen molar-refractivity contribution in [1.82, 2.24) is 14.3 Å². The van der Waals surface area contributed by atoms with Gasteiger partial charge in [0.05, 0.1) is 16.8 Å². The number of aryl methyl sites for hydroxylation is 1. The molecule has 2 N–H and O–H groups in total. The number of carboxylic acid groups (broad SMARTS) is 1. The molecule has 1 heterocycles. The van der Waals surface area contributed by atoms with E-state index < -0.39 is 16.0 Å². The number of carboxylic acids is 1. The second-order valence-electron chi connectivity index (χ2n) is 4.92. The largest absolute Gasteiger partial charge is 0.478 e. The first kappa shape index (κ1) is 16.2. The number of carbonyl (C=O) groups is 1. The molecule has 0 unspecified atom stereocenters. The highest BCUT2D eigenvalue weighted by atomic mass is 32.2. The van der Waals surface area contributed by atoms with Gasteiger partial charge in [-0.15, -0.1) is 0 Å². The average molecular weight is 323 g/mol. The van der Waals surface area contributed by atoms with E-state index in [-0.39, 0.29) is 17.0 Å². The summed E-state index contributed by atoms with van der Waals surface area (Å²) in [6, 6.07) is 2.65. The first-order valence-electron chi connectivity index (χ1n) is 6.61. The van der Waals surface area contributed by atoms with Gasteiger partial charge < -0.3 is 9.67 Å². The number of hydrogen-bond acceptors (Lipinski definition) is 4. The lowest BCUT2D eigenvalue weighted by atomic mass is 10.1. The lowest BCUT2D eigenvalue weighted by Gasteiger charge is -2.12. The summed E-state index contributed by atoms with van der Waals surface area (Å²) in [6.45, 7) is 3.97. The Hall–Kier alpha value is -2.19. The van der Waals surface area contributed by atoms with Gasteiger partial charge in [-0.25, -0.2) is 22.9 Å². The van der Waals surface area contributed by atoms with Crippen molar-refractivity contribution in [2.24, 2.45) is 0 Å². The Bertz CT molecular complexity index is 783. The number of aromatic nitrogens is 2. The van der Waals surface area contributed by atoms with Crippen molar-refractivity contribution < 1.29 is 18.3 Å². The summed E-state index contributed by atoms with van der Waals surface area (Å²) in [4.78, 5) is 15.0. The van der Waals surface area contributed by atoms with Gasteiger partial charge in [0.15, 0.2) is 0 Å². The molecule has 7 nitrogen and oxygen atoms in total. The van der Waals surface area contributed by atoms with Crippen LogP contribution in [-0.4, -0.2) is 35.6 Å². The molecule has 0 spiro atoms. The topological polar surface area (TPSA) is 101 Å². The molecule has 0 aliphatic carbocycles. The minimum Gasteiger partial charge on any atom is -0.478 e.